The summed E-state index contributed by atoms with van der Waals surface area (Å²) >= 11 is -2.96. The molecule has 0 bridgehead atoms. The third-order valence-electron chi connectivity index (χ3n) is 7.49. The summed E-state index contributed by atoms with van der Waals surface area (Å²) in [5.41, 5.74) is 0. The van der Waals surface area contributed by atoms with Crippen molar-refractivity contribution < 1.29 is 15.7 Å². The molecule has 0 atom stereocenters. The minimum absolute atomic E-state index is 0.735. The van der Waals surface area contributed by atoms with Gasteiger partial charge in [-0.05, 0) is 0 Å². The Labute approximate surface area is 236 Å². The molecule has 0 amide bonds. The Kier molecular flexibility index (Phi) is 30.6. The summed E-state index contributed by atoms with van der Waals surface area (Å²) in [6.07, 6.45) is 31.3. The standard InChI is InChI=1S/2C12H23O2.2C4H9.Sn/c2*13-11-9-7-5-3-1-2-4-6-8-10-12-14;2*1-3-4-2;/h2*11H,1-10,12H2;2*1,3-4H2,2H3;/q2*-1;;;+2. The van der Waals surface area contributed by atoms with Gasteiger partial charge in [-0.3, -0.25) is 0 Å². The van der Waals surface area contributed by atoms with Gasteiger partial charge in [0.05, 0.1) is 0 Å². The Morgan fingerprint density at radius 3 is 1.03 bits per heavy atom. The zero-order valence-electron chi connectivity index (χ0n) is 25.1. The summed E-state index contributed by atoms with van der Waals surface area (Å²) < 4.78 is 16.0. The first kappa shape index (κ1) is 37.1. The third-order valence-corrected chi connectivity index (χ3v) is 18.0. The summed E-state index contributed by atoms with van der Waals surface area (Å²) in [5.74, 6) is 0. The molecule has 0 fully saturated rings. The molecule has 0 radical (unpaired) electrons. The minimum Gasteiger partial charge on any atom is -0.303 e. The van der Waals surface area contributed by atoms with E-state index in [0.29, 0.717) is 0 Å². The van der Waals surface area contributed by atoms with E-state index in [0.717, 1.165) is 51.5 Å². The quantitative estimate of drug-likeness (QED) is 0.0421. The monoisotopic (exact) mass is 632 g/mol. The second kappa shape index (κ2) is 30.6. The van der Waals surface area contributed by atoms with Gasteiger partial charge < -0.3 is 9.59 Å². The predicted octanol–water partition coefficient (Wildman–Crippen LogP) is 10.3. The molecule has 0 aliphatic carbocycles. The van der Waals surface area contributed by atoms with Crippen LogP contribution in [0.25, 0.3) is 0 Å². The minimum atomic E-state index is -2.96. The van der Waals surface area contributed by atoms with Gasteiger partial charge in [0.25, 0.3) is 0 Å². The molecule has 37 heavy (non-hydrogen) atoms. The molecule has 0 N–H and O–H groups in total. The van der Waals surface area contributed by atoms with Crippen molar-refractivity contribution in [3.05, 3.63) is 0 Å². The Morgan fingerprint density at radius 1 is 0.432 bits per heavy atom. The Morgan fingerprint density at radius 2 is 0.730 bits per heavy atom. The SMILES string of the molecule is CCC[CH2][Sn]([CH2]CCC)([O]CCCCCCCCCCCC=O)[O]CCCCCCCCCCCC=O. The summed E-state index contributed by atoms with van der Waals surface area (Å²) in [6.45, 7) is 6.42. The van der Waals surface area contributed by atoms with Crippen LogP contribution in [0.4, 0.5) is 0 Å². The van der Waals surface area contributed by atoms with Crippen molar-refractivity contribution in [1.82, 2.24) is 0 Å². The number of unbranched alkanes of at least 4 members (excludes halogenated alkanes) is 20. The molecule has 0 aliphatic heterocycles. The molecule has 0 aromatic heterocycles. The van der Waals surface area contributed by atoms with Gasteiger partial charge in [0.15, 0.2) is 0 Å². The summed E-state index contributed by atoms with van der Waals surface area (Å²) in [5, 5.41) is 0. The number of hydrogen-bond acceptors (Lipinski definition) is 4. The average Bonchev–Trinajstić information content (AvgIpc) is 2.91. The topological polar surface area (TPSA) is 52.6 Å². The van der Waals surface area contributed by atoms with E-state index in [2.05, 4.69) is 13.8 Å². The van der Waals surface area contributed by atoms with Crippen LogP contribution in [0.1, 0.15) is 168 Å². The maximum absolute atomic E-state index is 10.4. The molecule has 0 aromatic rings. The van der Waals surface area contributed by atoms with Crippen molar-refractivity contribution in [2.45, 2.75) is 177 Å². The molecule has 4 nitrogen and oxygen atoms in total. The van der Waals surface area contributed by atoms with Crippen molar-refractivity contribution in [1.29, 1.82) is 0 Å². The Balaban J connectivity index is 4.08. The number of carbonyl (C=O) groups excluding carboxylic acids is 2. The van der Waals surface area contributed by atoms with Crippen molar-refractivity contribution in [2.24, 2.45) is 0 Å². The van der Waals surface area contributed by atoms with Crippen molar-refractivity contribution in [3.63, 3.8) is 0 Å². The van der Waals surface area contributed by atoms with Crippen LogP contribution in [0, 0.1) is 0 Å². The Hall–Kier alpha value is 0.0587. The van der Waals surface area contributed by atoms with Crippen LogP contribution in [0.15, 0.2) is 0 Å². The van der Waals surface area contributed by atoms with E-state index < -0.39 is 19.2 Å². The van der Waals surface area contributed by atoms with Crippen molar-refractivity contribution in [2.75, 3.05) is 13.2 Å². The van der Waals surface area contributed by atoms with Gasteiger partial charge in [-0.1, -0.05) is 0 Å². The fourth-order valence-corrected chi connectivity index (χ4v) is 15.6. The van der Waals surface area contributed by atoms with E-state index in [-0.39, 0.29) is 0 Å². The second-order valence-corrected chi connectivity index (χ2v) is 20.8. The van der Waals surface area contributed by atoms with Crippen LogP contribution in [0.3, 0.4) is 0 Å². The molecule has 5 heteroatoms. The first-order chi connectivity index (χ1) is 18.2. The van der Waals surface area contributed by atoms with Gasteiger partial charge in [-0.25, -0.2) is 0 Å². The molecular formula is C32H64O4Sn. The molecular weight excluding hydrogens is 567 g/mol. The summed E-state index contributed by atoms with van der Waals surface area (Å²) in [6, 6.07) is 0. The van der Waals surface area contributed by atoms with Crippen LogP contribution >= 0.6 is 0 Å². The van der Waals surface area contributed by atoms with Gasteiger partial charge in [0.1, 0.15) is 12.6 Å². The van der Waals surface area contributed by atoms with E-state index >= 15 is 0 Å². The van der Waals surface area contributed by atoms with E-state index in [1.807, 2.05) is 0 Å². The third kappa shape index (κ3) is 26.1. The molecule has 0 aromatic carbocycles. The van der Waals surface area contributed by atoms with Crippen LogP contribution in [0.5, 0.6) is 0 Å². The molecule has 0 aliphatic rings. The smallest absolute Gasteiger partial charge is 0.303 e. The molecule has 0 unspecified atom stereocenters. The normalized spacial score (nSPS) is 11.7. The summed E-state index contributed by atoms with van der Waals surface area (Å²) in [4.78, 5) is 20.7. The fraction of sp³-hybridized carbons (Fsp3) is 0.938. The van der Waals surface area contributed by atoms with E-state index in [4.69, 9.17) is 6.15 Å². The predicted molar refractivity (Wildman–Crippen MR) is 162 cm³/mol. The van der Waals surface area contributed by atoms with Crippen LogP contribution in [-0.2, 0) is 15.7 Å². The van der Waals surface area contributed by atoms with Crippen LogP contribution in [0.2, 0.25) is 8.87 Å². The molecule has 0 rings (SSSR count). The molecule has 220 valence electrons. The van der Waals surface area contributed by atoms with Gasteiger partial charge in [0, 0.05) is 0 Å². The zero-order chi connectivity index (χ0) is 27.1. The van der Waals surface area contributed by atoms with Crippen molar-refractivity contribution in [3.8, 4) is 0 Å². The van der Waals surface area contributed by atoms with Gasteiger partial charge in [0.2, 0.25) is 0 Å². The molecule has 0 heterocycles. The number of aldehydes is 2. The Bertz CT molecular complexity index is 430. The van der Waals surface area contributed by atoms with Gasteiger partial charge >= 0.3 is 215 Å². The van der Waals surface area contributed by atoms with E-state index in [1.54, 1.807) is 0 Å². The van der Waals surface area contributed by atoms with Gasteiger partial charge in [-0.15, -0.1) is 0 Å². The molecule has 0 saturated heterocycles. The molecule has 0 spiro atoms. The second-order valence-electron chi connectivity index (χ2n) is 11.1. The number of carbonyl (C=O) groups is 2. The first-order valence-electron chi connectivity index (χ1n) is 16.4. The first-order valence-corrected chi connectivity index (χ1v) is 22.8. The molecule has 0 saturated carbocycles. The van der Waals surface area contributed by atoms with Crippen LogP contribution < -0.4 is 0 Å². The number of rotatable bonds is 32. The van der Waals surface area contributed by atoms with Gasteiger partial charge in [-0.2, -0.15) is 0 Å². The van der Waals surface area contributed by atoms with Crippen molar-refractivity contribution >= 4 is 31.8 Å². The zero-order valence-corrected chi connectivity index (χ0v) is 27.9. The van der Waals surface area contributed by atoms with E-state index in [1.165, 1.54) is 137 Å². The van der Waals surface area contributed by atoms with E-state index in [9.17, 15) is 9.59 Å². The van der Waals surface area contributed by atoms with Crippen LogP contribution in [-0.4, -0.2) is 45.0 Å². The average molecular weight is 632 g/mol. The summed E-state index contributed by atoms with van der Waals surface area (Å²) in [7, 11) is 0. The number of hydrogen-bond donors (Lipinski definition) is 0. The maximum atomic E-state index is 10.4. The fourth-order valence-electron chi connectivity index (χ4n) is 5.00.